The zero-order valence-corrected chi connectivity index (χ0v) is 12.9. The molecule has 116 valence electrons. The highest BCUT2D eigenvalue weighted by Crippen LogP contribution is 2.49. The number of carbonyl (C=O) groups is 2. The lowest BCUT2D eigenvalue weighted by atomic mass is 9.63. The van der Waals surface area contributed by atoms with Gasteiger partial charge in [0.1, 0.15) is 6.10 Å². The molecule has 3 aliphatic rings. The Morgan fingerprint density at radius 1 is 1.15 bits per heavy atom. The van der Waals surface area contributed by atoms with Crippen molar-refractivity contribution in [3.63, 3.8) is 0 Å². The maximum atomic E-state index is 11.7. The molecule has 0 aromatic carbocycles. The summed E-state index contributed by atoms with van der Waals surface area (Å²) in [5.41, 5.74) is 0. The standard InChI is InChI=1S/C13H20O2.C2H6.CH2O2/c1-8-11-6-9-4-2-3-5-10(9)7-12(11)13(14)15-8;1-2;2-1-3/h8-12H,2-7H2,1H3;1-2H3;1H,(H,2,3). The largest absolute Gasteiger partial charge is 0.483 e. The number of fused-ring (bicyclic) bond motifs is 2. The van der Waals surface area contributed by atoms with Gasteiger partial charge in [0.25, 0.3) is 6.47 Å². The molecular formula is C16H28O4. The minimum atomic E-state index is -0.250. The molecule has 4 heteroatoms. The lowest BCUT2D eigenvalue weighted by molar-refractivity contribution is -0.144. The number of rotatable bonds is 0. The van der Waals surface area contributed by atoms with Crippen LogP contribution in [0.3, 0.4) is 0 Å². The average molecular weight is 284 g/mol. The van der Waals surface area contributed by atoms with Crippen molar-refractivity contribution in [1.82, 2.24) is 0 Å². The van der Waals surface area contributed by atoms with Crippen LogP contribution in [0.5, 0.6) is 0 Å². The molecule has 3 rings (SSSR count). The SMILES string of the molecule is CC.CC1OC(=O)C2CC3CCCCC3CC12.O=CO. The summed E-state index contributed by atoms with van der Waals surface area (Å²) < 4.78 is 5.38. The highest BCUT2D eigenvalue weighted by molar-refractivity contribution is 5.75. The van der Waals surface area contributed by atoms with Gasteiger partial charge in [0, 0.05) is 5.92 Å². The Balaban J connectivity index is 0.000000357. The Hall–Kier alpha value is -1.06. The number of hydrogen-bond acceptors (Lipinski definition) is 3. The van der Waals surface area contributed by atoms with Gasteiger partial charge in [-0.1, -0.05) is 39.5 Å². The van der Waals surface area contributed by atoms with Crippen molar-refractivity contribution in [3.05, 3.63) is 0 Å². The minimum absolute atomic E-state index is 0.0940. The van der Waals surface area contributed by atoms with Crippen molar-refractivity contribution < 1.29 is 19.4 Å². The Kier molecular flexibility index (Phi) is 7.03. The lowest BCUT2D eigenvalue weighted by Gasteiger charge is -2.40. The van der Waals surface area contributed by atoms with Crippen molar-refractivity contribution in [2.45, 2.75) is 65.4 Å². The Morgan fingerprint density at radius 3 is 2.20 bits per heavy atom. The van der Waals surface area contributed by atoms with Gasteiger partial charge in [-0.25, -0.2) is 0 Å². The van der Waals surface area contributed by atoms with E-state index in [4.69, 9.17) is 14.6 Å². The van der Waals surface area contributed by atoms with Crippen LogP contribution < -0.4 is 0 Å². The van der Waals surface area contributed by atoms with Gasteiger partial charge >= 0.3 is 5.97 Å². The second kappa shape index (κ2) is 8.28. The molecule has 0 aromatic rings. The topological polar surface area (TPSA) is 63.6 Å². The summed E-state index contributed by atoms with van der Waals surface area (Å²) in [6.07, 6.45) is 8.10. The predicted molar refractivity (Wildman–Crippen MR) is 77.3 cm³/mol. The van der Waals surface area contributed by atoms with E-state index in [0.29, 0.717) is 5.92 Å². The van der Waals surface area contributed by atoms with E-state index in [-0.39, 0.29) is 24.5 Å². The van der Waals surface area contributed by atoms with Crippen molar-refractivity contribution in [2.75, 3.05) is 0 Å². The second-order valence-electron chi connectivity index (χ2n) is 5.79. The van der Waals surface area contributed by atoms with Gasteiger partial charge in [0.2, 0.25) is 0 Å². The predicted octanol–water partition coefficient (Wildman–Crippen LogP) is 3.49. The van der Waals surface area contributed by atoms with Crippen LogP contribution in [-0.4, -0.2) is 23.7 Å². The molecule has 2 saturated carbocycles. The summed E-state index contributed by atoms with van der Waals surface area (Å²) in [6.45, 7) is 5.83. The van der Waals surface area contributed by atoms with Crippen LogP contribution >= 0.6 is 0 Å². The molecular weight excluding hydrogens is 256 g/mol. The third-order valence-corrected chi connectivity index (χ3v) is 4.92. The molecule has 0 bridgehead atoms. The third kappa shape index (κ3) is 3.74. The van der Waals surface area contributed by atoms with E-state index in [1.807, 2.05) is 13.8 Å². The molecule has 1 heterocycles. The average Bonchev–Trinajstić information content (AvgIpc) is 2.75. The molecule has 5 atom stereocenters. The summed E-state index contributed by atoms with van der Waals surface area (Å²) in [5, 5.41) is 6.89. The van der Waals surface area contributed by atoms with E-state index < -0.39 is 0 Å². The van der Waals surface area contributed by atoms with Gasteiger partial charge in [0.05, 0.1) is 5.92 Å². The summed E-state index contributed by atoms with van der Waals surface area (Å²) >= 11 is 0. The van der Waals surface area contributed by atoms with Gasteiger partial charge in [-0.05, 0) is 31.6 Å². The number of carboxylic acid groups (broad SMARTS) is 1. The lowest BCUT2D eigenvalue weighted by Crippen LogP contribution is -2.35. The zero-order chi connectivity index (χ0) is 15.1. The molecule has 0 amide bonds. The first-order chi connectivity index (χ1) is 9.67. The molecule has 0 radical (unpaired) electrons. The maximum absolute atomic E-state index is 11.7. The van der Waals surface area contributed by atoms with Crippen LogP contribution in [0.1, 0.15) is 59.3 Å². The van der Waals surface area contributed by atoms with Crippen LogP contribution in [-0.2, 0) is 14.3 Å². The van der Waals surface area contributed by atoms with Crippen molar-refractivity contribution in [2.24, 2.45) is 23.7 Å². The van der Waals surface area contributed by atoms with Gasteiger partial charge < -0.3 is 9.84 Å². The maximum Gasteiger partial charge on any atom is 0.309 e. The number of cyclic esters (lactones) is 1. The van der Waals surface area contributed by atoms with E-state index >= 15 is 0 Å². The number of carbonyl (C=O) groups excluding carboxylic acids is 1. The Bertz CT molecular complexity index is 316. The van der Waals surface area contributed by atoms with Crippen LogP contribution in [0.4, 0.5) is 0 Å². The quantitative estimate of drug-likeness (QED) is 0.546. The number of hydrogen-bond donors (Lipinski definition) is 1. The van der Waals surface area contributed by atoms with E-state index in [1.54, 1.807) is 0 Å². The molecule has 1 saturated heterocycles. The fourth-order valence-electron chi connectivity index (χ4n) is 4.07. The summed E-state index contributed by atoms with van der Waals surface area (Å²) in [7, 11) is 0. The minimum Gasteiger partial charge on any atom is -0.483 e. The van der Waals surface area contributed by atoms with E-state index in [0.717, 1.165) is 18.3 Å². The zero-order valence-electron chi connectivity index (χ0n) is 12.9. The smallest absolute Gasteiger partial charge is 0.309 e. The number of ether oxygens (including phenoxy) is 1. The molecule has 4 nitrogen and oxygen atoms in total. The highest BCUT2D eigenvalue weighted by Gasteiger charge is 2.48. The third-order valence-electron chi connectivity index (χ3n) is 4.92. The van der Waals surface area contributed by atoms with E-state index in [1.165, 1.54) is 32.1 Å². The van der Waals surface area contributed by atoms with Gasteiger partial charge in [-0.3, -0.25) is 9.59 Å². The molecule has 20 heavy (non-hydrogen) atoms. The van der Waals surface area contributed by atoms with Crippen molar-refractivity contribution in [3.8, 4) is 0 Å². The monoisotopic (exact) mass is 284 g/mol. The normalized spacial score (nSPS) is 38.0. The number of esters is 1. The van der Waals surface area contributed by atoms with Crippen LogP contribution in [0.15, 0.2) is 0 Å². The van der Waals surface area contributed by atoms with Crippen molar-refractivity contribution in [1.29, 1.82) is 0 Å². The first-order valence-corrected chi connectivity index (χ1v) is 7.95. The summed E-state index contributed by atoms with van der Waals surface area (Å²) in [5.74, 6) is 2.61. The fraction of sp³-hybridized carbons (Fsp3) is 0.875. The molecule has 0 spiro atoms. The summed E-state index contributed by atoms with van der Waals surface area (Å²) in [4.78, 5) is 20.0. The van der Waals surface area contributed by atoms with Gasteiger partial charge in [-0.15, -0.1) is 0 Å². The van der Waals surface area contributed by atoms with E-state index in [2.05, 4.69) is 6.92 Å². The van der Waals surface area contributed by atoms with Crippen LogP contribution in [0.25, 0.3) is 0 Å². The van der Waals surface area contributed by atoms with E-state index in [9.17, 15) is 4.79 Å². The van der Waals surface area contributed by atoms with Gasteiger partial charge in [-0.2, -0.15) is 0 Å². The molecule has 1 N–H and O–H groups in total. The Morgan fingerprint density at radius 2 is 1.65 bits per heavy atom. The molecule has 1 aliphatic heterocycles. The second-order valence-corrected chi connectivity index (χ2v) is 5.79. The Labute approximate surface area is 121 Å². The van der Waals surface area contributed by atoms with Gasteiger partial charge in [0.15, 0.2) is 0 Å². The molecule has 0 aromatic heterocycles. The highest BCUT2D eigenvalue weighted by atomic mass is 16.6. The van der Waals surface area contributed by atoms with Crippen LogP contribution in [0.2, 0.25) is 0 Å². The fourth-order valence-corrected chi connectivity index (χ4v) is 4.07. The van der Waals surface area contributed by atoms with Crippen molar-refractivity contribution >= 4 is 12.4 Å². The molecule has 2 aliphatic carbocycles. The first-order valence-electron chi connectivity index (χ1n) is 7.95. The molecule has 3 fully saturated rings. The summed E-state index contributed by atoms with van der Waals surface area (Å²) in [6, 6.07) is 0. The van der Waals surface area contributed by atoms with Crippen LogP contribution in [0, 0.1) is 23.7 Å². The first kappa shape index (κ1) is 17.0. The molecule has 5 unspecified atom stereocenters.